The van der Waals surface area contributed by atoms with E-state index in [1.807, 2.05) is 0 Å². The molecule has 1 aromatic carbocycles. The Morgan fingerprint density at radius 2 is 2.09 bits per heavy atom. The lowest BCUT2D eigenvalue weighted by molar-refractivity contribution is 0.0783. The van der Waals surface area contributed by atoms with Crippen molar-refractivity contribution in [3.8, 4) is 11.1 Å². The molecule has 2 aromatic rings. The van der Waals surface area contributed by atoms with Crippen LogP contribution in [0.4, 0.5) is 4.39 Å². The summed E-state index contributed by atoms with van der Waals surface area (Å²) in [7, 11) is 0. The van der Waals surface area contributed by atoms with Gasteiger partial charge in [-0.25, -0.2) is 14.4 Å². The lowest BCUT2D eigenvalue weighted by atomic mass is 10.1. The zero-order chi connectivity index (χ0) is 15.5. The third-order valence-corrected chi connectivity index (χ3v) is 4.00. The van der Waals surface area contributed by atoms with Crippen molar-refractivity contribution >= 4 is 5.91 Å². The van der Waals surface area contributed by atoms with Gasteiger partial charge < -0.3 is 10.6 Å². The zero-order valence-corrected chi connectivity index (χ0v) is 12.1. The maximum Gasteiger partial charge on any atom is 0.256 e. The molecule has 22 heavy (non-hydrogen) atoms. The minimum atomic E-state index is -0.525. The van der Waals surface area contributed by atoms with Crippen molar-refractivity contribution in [1.82, 2.24) is 14.9 Å². The van der Waals surface area contributed by atoms with Crippen LogP contribution in [0.2, 0.25) is 0 Å². The predicted molar refractivity (Wildman–Crippen MR) is 80.5 cm³/mol. The third kappa shape index (κ3) is 2.82. The number of rotatable bonds is 3. The highest BCUT2D eigenvalue weighted by molar-refractivity contribution is 5.95. The fourth-order valence-corrected chi connectivity index (χ4v) is 2.70. The van der Waals surface area contributed by atoms with E-state index in [0.29, 0.717) is 36.7 Å². The number of likely N-dealkylation sites (tertiary alicyclic amines) is 1. The van der Waals surface area contributed by atoms with E-state index in [0.717, 1.165) is 6.42 Å². The normalized spacial score (nSPS) is 17.7. The van der Waals surface area contributed by atoms with Gasteiger partial charge in [-0.05, 0) is 36.6 Å². The van der Waals surface area contributed by atoms with E-state index in [9.17, 15) is 9.18 Å². The summed E-state index contributed by atoms with van der Waals surface area (Å²) in [6, 6.07) is 4.59. The molecular weight excluding hydrogens is 283 g/mol. The highest BCUT2D eigenvalue weighted by Gasteiger charge is 2.27. The molecule has 1 fully saturated rings. The molecule has 1 unspecified atom stereocenters. The van der Waals surface area contributed by atoms with Crippen LogP contribution in [0.15, 0.2) is 36.9 Å². The fraction of sp³-hybridized carbons (Fsp3) is 0.312. The minimum Gasteiger partial charge on any atom is -0.338 e. The first-order chi connectivity index (χ1) is 10.7. The Hall–Kier alpha value is -2.34. The molecule has 1 aliphatic rings. The first kappa shape index (κ1) is 14.6. The first-order valence-corrected chi connectivity index (χ1v) is 7.23. The molecule has 1 saturated heterocycles. The van der Waals surface area contributed by atoms with Gasteiger partial charge >= 0.3 is 0 Å². The van der Waals surface area contributed by atoms with Gasteiger partial charge in [0.05, 0.1) is 5.56 Å². The Kier molecular flexibility index (Phi) is 4.11. The van der Waals surface area contributed by atoms with Crippen molar-refractivity contribution < 1.29 is 9.18 Å². The molecule has 2 heterocycles. The first-order valence-electron chi connectivity index (χ1n) is 7.23. The SMILES string of the molecule is NCC1CCN(C(=O)c2ccc(-c3cncnc3)cc2F)C1. The van der Waals surface area contributed by atoms with Crippen molar-refractivity contribution in [2.24, 2.45) is 11.7 Å². The van der Waals surface area contributed by atoms with Gasteiger partial charge in [-0.1, -0.05) is 6.07 Å². The number of nitrogens with zero attached hydrogens (tertiary/aromatic N) is 3. The molecule has 0 bridgehead atoms. The third-order valence-electron chi connectivity index (χ3n) is 4.00. The second-order valence-electron chi connectivity index (χ2n) is 5.46. The number of nitrogens with two attached hydrogens (primary N) is 1. The summed E-state index contributed by atoms with van der Waals surface area (Å²) in [5.74, 6) is -0.486. The minimum absolute atomic E-state index is 0.0956. The number of amides is 1. The topological polar surface area (TPSA) is 72.1 Å². The van der Waals surface area contributed by atoms with Crippen LogP contribution in [0.25, 0.3) is 11.1 Å². The number of hydrogen-bond acceptors (Lipinski definition) is 4. The molecule has 1 aliphatic heterocycles. The van der Waals surface area contributed by atoms with Crippen LogP contribution in [0.1, 0.15) is 16.8 Å². The molecule has 0 aliphatic carbocycles. The van der Waals surface area contributed by atoms with Crippen molar-refractivity contribution in [2.75, 3.05) is 19.6 Å². The van der Waals surface area contributed by atoms with Crippen LogP contribution in [-0.2, 0) is 0 Å². The average Bonchev–Trinajstić information content (AvgIpc) is 3.04. The number of hydrogen-bond donors (Lipinski definition) is 1. The van der Waals surface area contributed by atoms with Crippen LogP contribution >= 0.6 is 0 Å². The molecule has 5 nitrogen and oxygen atoms in total. The van der Waals surface area contributed by atoms with Gasteiger partial charge in [0.15, 0.2) is 0 Å². The Bertz CT molecular complexity index is 677. The summed E-state index contributed by atoms with van der Waals surface area (Å²) in [4.78, 5) is 21.9. The van der Waals surface area contributed by atoms with Gasteiger partial charge in [0.25, 0.3) is 5.91 Å². The highest BCUT2D eigenvalue weighted by Crippen LogP contribution is 2.23. The van der Waals surface area contributed by atoms with Crippen LogP contribution in [0.5, 0.6) is 0 Å². The summed E-state index contributed by atoms with van der Waals surface area (Å²) < 4.78 is 14.3. The van der Waals surface area contributed by atoms with Gasteiger partial charge in [0.2, 0.25) is 0 Å². The van der Waals surface area contributed by atoms with Crippen molar-refractivity contribution in [3.63, 3.8) is 0 Å². The molecular formula is C16H17FN4O. The van der Waals surface area contributed by atoms with Crippen LogP contribution in [-0.4, -0.2) is 40.4 Å². The van der Waals surface area contributed by atoms with Crippen LogP contribution in [0, 0.1) is 11.7 Å². The largest absolute Gasteiger partial charge is 0.338 e. The summed E-state index contributed by atoms with van der Waals surface area (Å²) in [6.07, 6.45) is 5.51. The van der Waals surface area contributed by atoms with Gasteiger partial charge in [0.1, 0.15) is 12.1 Å². The monoisotopic (exact) mass is 300 g/mol. The van der Waals surface area contributed by atoms with E-state index in [4.69, 9.17) is 5.73 Å². The molecule has 0 saturated carbocycles. The molecule has 6 heteroatoms. The van der Waals surface area contributed by atoms with Crippen molar-refractivity contribution in [3.05, 3.63) is 48.3 Å². The summed E-state index contributed by atoms with van der Waals surface area (Å²) in [6.45, 7) is 1.79. The zero-order valence-electron chi connectivity index (χ0n) is 12.1. The maximum absolute atomic E-state index is 14.3. The van der Waals surface area contributed by atoms with E-state index < -0.39 is 5.82 Å². The van der Waals surface area contributed by atoms with E-state index in [1.54, 1.807) is 23.4 Å². The van der Waals surface area contributed by atoms with Crippen LogP contribution < -0.4 is 5.73 Å². The van der Waals surface area contributed by atoms with Crippen molar-refractivity contribution in [2.45, 2.75) is 6.42 Å². The Balaban J connectivity index is 1.82. The number of carbonyl (C=O) groups excluding carboxylic acids is 1. The lowest BCUT2D eigenvalue weighted by Crippen LogP contribution is -2.30. The van der Waals surface area contributed by atoms with Gasteiger partial charge in [0, 0.05) is 31.0 Å². The molecule has 2 N–H and O–H groups in total. The van der Waals surface area contributed by atoms with Gasteiger partial charge in [-0.2, -0.15) is 0 Å². The average molecular weight is 300 g/mol. The highest BCUT2D eigenvalue weighted by atomic mass is 19.1. The number of aromatic nitrogens is 2. The smallest absolute Gasteiger partial charge is 0.256 e. The van der Waals surface area contributed by atoms with E-state index in [-0.39, 0.29) is 11.5 Å². The van der Waals surface area contributed by atoms with E-state index in [1.165, 1.54) is 18.5 Å². The van der Waals surface area contributed by atoms with Crippen LogP contribution in [0.3, 0.4) is 0 Å². The molecule has 3 rings (SSSR count). The quantitative estimate of drug-likeness (QED) is 0.936. The second kappa shape index (κ2) is 6.19. The number of carbonyl (C=O) groups is 1. The molecule has 0 radical (unpaired) electrons. The summed E-state index contributed by atoms with van der Waals surface area (Å²) >= 11 is 0. The standard InChI is InChI=1S/C16H17FN4O/c17-15-5-12(13-7-19-10-20-8-13)1-2-14(15)16(22)21-4-3-11(6-18)9-21/h1-2,5,7-8,10-11H,3-4,6,9,18H2. The number of halogens is 1. The Morgan fingerprint density at radius 1 is 1.32 bits per heavy atom. The lowest BCUT2D eigenvalue weighted by Gasteiger charge is -2.17. The molecule has 1 aromatic heterocycles. The van der Waals surface area contributed by atoms with Crippen molar-refractivity contribution in [1.29, 1.82) is 0 Å². The second-order valence-corrected chi connectivity index (χ2v) is 5.46. The summed E-state index contributed by atoms with van der Waals surface area (Å²) in [5, 5.41) is 0. The Labute approximate surface area is 128 Å². The predicted octanol–water partition coefficient (Wildman–Crippen LogP) is 1.70. The molecule has 1 atom stereocenters. The summed E-state index contributed by atoms with van der Waals surface area (Å²) in [5.41, 5.74) is 7.08. The molecule has 0 spiro atoms. The van der Waals surface area contributed by atoms with E-state index in [2.05, 4.69) is 9.97 Å². The van der Waals surface area contributed by atoms with E-state index >= 15 is 0 Å². The molecule has 114 valence electrons. The van der Waals surface area contributed by atoms with Gasteiger partial charge in [-0.3, -0.25) is 4.79 Å². The molecule has 1 amide bonds. The van der Waals surface area contributed by atoms with Gasteiger partial charge in [-0.15, -0.1) is 0 Å². The Morgan fingerprint density at radius 3 is 2.73 bits per heavy atom. The fourth-order valence-electron chi connectivity index (χ4n) is 2.70. The maximum atomic E-state index is 14.3. The number of benzene rings is 1.